The van der Waals surface area contributed by atoms with Crippen molar-refractivity contribution in [1.29, 1.82) is 0 Å². The molecule has 1 amide bonds. The summed E-state index contributed by atoms with van der Waals surface area (Å²) >= 11 is 0. The first-order valence-corrected chi connectivity index (χ1v) is 9.04. The lowest BCUT2D eigenvalue weighted by Crippen LogP contribution is -2.34. The number of rotatable bonds is 3. The zero-order chi connectivity index (χ0) is 16.7. The summed E-state index contributed by atoms with van der Waals surface area (Å²) in [6.07, 6.45) is 12.3. The van der Waals surface area contributed by atoms with Crippen molar-refractivity contribution < 1.29 is 4.79 Å². The molecule has 0 atom stereocenters. The Kier molecular flexibility index (Phi) is 6.44. The Morgan fingerprint density at radius 1 is 1.00 bits per heavy atom. The Hall–Kier alpha value is -1.57. The van der Waals surface area contributed by atoms with E-state index < -0.39 is 0 Å². The van der Waals surface area contributed by atoms with E-state index in [0.29, 0.717) is 6.04 Å². The van der Waals surface area contributed by atoms with Gasteiger partial charge in [0.05, 0.1) is 0 Å². The lowest BCUT2D eigenvalue weighted by Gasteiger charge is -2.20. The number of carbonyl (C=O) groups is 1. The first kappa shape index (κ1) is 17.8. The van der Waals surface area contributed by atoms with Crippen molar-refractivity contribution in [2.45, 2.75) is 77.2 Å². The molecular weight excluding hydrogens is 282 g/mol. The molecule has 1 fully saturated rings. The standard InChI is InChI=1S/C21H31NO/c1-21(2,3)18-14-11-17(12-15-18)13-16-20(23)22-19-9-7-5-4-6-8-10-19/h11-16,19H,4-10H2,1-3H3,(H,22,23). The number of benzene rings is 1. The van der Waals surface area contributed by atoms with Gasteiger partial charge in [0.25, 0.3) is 0 Å². The Labute approximate surface area is 141 Å². The molecule has 0 unspecified atom stereocenters. The van der Waals surface area contributed by atoms with Gasteiger partial charge in [0, 0.05) is 12.1 Å². The Morgan fingerprint density at radius 3 is 2.13 bits per heavy atom. The van der Waals surface area contributed by atoms with E-state index in [1.807, 2.05) is 6.08 Å². The van der Waals surface area contributed by atoms with E-state index in [0.717, 1.165) is 18.4 Å². The molecule has 0 heterocycles. The third-order valence-electron chi connectivity index (χ3n) is 4.66. The van der Waals surface area contributed by atoms with Crippen LogP contribution in [-0.4, -0.2) is 11.9 Å². The Bertz CT molecular complexity index is 514. The lowest BCUT2D eigenvalue weighted by molar-refractivity contribution is -0.117. The van der Waals surface area contributed by atoms with Gasteiger partial charge in [-0.15, -0.1) is 0 Å². The van der Waals surface area contributed by atoms with E-state index in [-0.39, 0.29) is 11.3 Å². The van der Waals surface area contributed by atoms with Gasteiger partial charge in [-0.05, 0) is 35.5 Å². The molecule has 1 aromatic rings. The van der Waals surface area contributed by atoms with E-state index in [2.05, 4.69) is 50.4 Å². The number of hydrogen-bond donors (Lipinski definition) is 1. The fourth-order valence-corrected chi connectivity index (χ4v) is 3.12. The summed E-state index contributed by atoms with van der Waals surface area (Å²) in [5.74, 6) is 0.0375. The van der Waals surface area contributed by atoms with Crippen LogP contribution in [0.3, 0.4) is 0 Å². The normalized spacial score (nSPS) is 17.7. The second-order valence-corrected chi connectivity index (χ2v) is 7.76. The number of nitrogens with one attached hydrogen (secondary N) is 1. The molecule has 1 aliphatic carbocycles. The van der Waals surface area contributed by atoms with Crippen LogP contribution in [0.15, 0.2) is 30.3 Å². The third kappa shape index (κ3) is 6.21. The van der Waals surface area contributed by atoms with Gasteiger partial charge in [-0.3, -0.25) is 4.79 Å². The molecule has 1 N–H and O–H groups in total. The fraction of sp³-hybridized carbons (Fsp3) is 0.571. The van der Waals surface area contributed by atoms with Gasteiger partial charge in [0.1, 0.15) is 0 Å². The van der Waals surface area contributed by atoms with Gasteiger partial charge in [0.15, 0.2) is 0 Å². The molecule has 1 aromatic carbocycles. The maximum atomic E-state index is 12.1. The first-order valence-electron chi connectivity index (χ1n) is 9.04. The summed E-state index contributed by atoms with van der Waals surface area (Å²) < 4.78 is 0. The van der Waals surface area contributed by atoms with E-state index in [4.69, 9.17) is 0 Å². The van der Waals surface area contributed by atoms with Crippen LogP contribution < -0.4 is 5.32 Å². The van der Waals surface area contributed by atoms with Crippen molar-refractivity contribution in [1.82, 2.24) is 5.32 Å². The number of amides is 1. The van der Waals surface area contributed by atoms with Gasteiger partial charge in [-0.1, -0.05) is 77.1 Å². The average Bonchev–Trinajstić information content (AvgIpc) is 2.47. The average molecular weight is 313 g/mol. The highest BCUT2D eigenvalue weighted by atomic mass is 16.1. The molecule has 126 valence electrons. The highest BCUT2D eigenvalue weighted by molar-refractivity contribution is 5.91. The summed E-state index contributed by atoms with van der Waals surface area (Å²) in [7, 11) is 0. The van der Waals surface area contributed by atoms with Crippen molar-refractivity contribution in [2.75, 3.05) is 0 Å². The van der Waals surface area contributed by atoms with Crippen molar-refractivity contribution in [3.05, 3.63) is 41.5 Å². The van der Waals surface area contributed by atoms with Crippen LogP contribution in [0.4, 0.5) is 0 Å². The van der Waals surface area contributed by atoms with E-state index in [1.54, 1.807) is 6.08 Å². The number of carbonyl (C=O) groups excluding carboxylic acids is 1. The monoisotopic (exact) mass is 313 g/mol. The molecule has 1 aliphatic rings. The maximum absolute atomic E-state index is 12.1. The predicted octanol–water partition coefficient (Wildman–Crippen LogP) is 5.23. The van der Waals surface area contributed by atoms with Crippen molar-refractivity contribution in [2.24, 2.45) is 0 Å². The molecule has 0 aromatic heterocycles. The summed E-state index contributed by atoms with van der Waals surface area (Å²) in [5, 5.41) is 3.17. The van der Waals surface area contributed by atoms with Crippen LogP contribution in [0.5, 0.6) is 0 Å². The Balaban J connectivity index is 1.87. The van der Waals surface area contributed by atoms with Crippen LogP contribution in [-0.2, 0) is 10.2 Å². The predicted molar refractivity (Wildman–Crippen MR) is 98.4 cm³/mol. The van der Waals surface area contributed by atoms with Crippen molar-refractivity contribution in [3.63, 3.8) is 0 Å². The van der Waals surface area contributed by atoms with Crippen LogP contribution in [0, 0.1) is 0 Å². The minimum absolute atomic E-state index is 0.0375. The zero-order valence-corrected chi connectivity index (χ0v) is 14.9. The van der Waals surface area contributed by atoms with E-state index in [1.165, 1.54) is 37.7 Å². The maximum Gasteiger partial charge on any atom is 0.244 e. The summed E-state index contributed by atoms with van der Waals surface area (Å²) in [6.45, 7) is 6.63. The topological polar surface area (TPSA) is 29.1 Å². The van der Waals surface area contributed by atoms with Crippen molar-refractivity contribution >= 4 is 12.0 Å². The van der Waals surface area contributed by atoms with Gasteiger partial charge in [-0.25, -0.2) is 0 Å². The molecule has 2 nitrogen and oxygen atoms in total. The largest absolute Gasteiger partial charge is 0.350 e. The van der Waals surface area contributed by atoms with E-state index >= 15 is 0 Å². The molecular formula is C21H31NO. The zero-order valence-electron chi connectivity index (χ0n) is 14.9. The van der Waals surface area contributed by atoms with Gasteiger partial charge < -0.3 is 5.32 Å². The van der Waals surface area contributed by atoms with Gasteiger partial charge in [0.2, 0.25) is 5.91 Å². The number of hydrogen-bond acceptors (Lipinski definition) is 1. The molecule has 2 heteroatoms. The van der Waals surface area contributed by atoms with Crippen LogP contribution in [0.25, 0.3) is 6.08 Å². The highest BCUT2D eigenvalue weighted by Gasteiger charge is 2.13. The summed E-state index contributed by atoms with van der Waals surface area (Å²) in [4.78, 5) is 12.1. The quantitative estimate of drug-likeness (QED) is 0.761. The molecule has 0 bridgehead atoms. The molecule has 0 saturated heterocycles. The summed E-state index contributed by atoms with van der Waals surface area (Å²) in [6, 6.07) is 8.81. The van der Waals surface area contributed by atoms with Gasteiger partial charge >= 0.3 is 0 Å². The summed E-state index contributed by atoms with van der Waals surface area (Å²) in [5.41, 5.74) is 2.55. The second kappa shape index (κ2) is 8.33. The second-order valence-electron chi connectivity index (χ2n) is 7.76. The molecule has 23 heavy (non-hydrogen) atoms. The van der Waals surface area contributed by atoms with Gasteiger partial charge in [-0.2, -0.15) is 0 Å². The SMILES string of the molecule is CC(C)(C)c1ccc(C=CC(=O)NC2CCCCCCC2)cc1. The molecule has 1 saturated carbocycles. The fourth-order valence-electron chi connectivity index (χ4n) is 3.12. The third-order valence-corrected chi connectivity index (χ3v) is 4.66. The van der Waals surface area contributed by atoms with Crippen LogP contribution in [0.2, 0.25) is 0 Å². The highest BCUT2D eigenvalue weighted by Crippen LogP contribution is 2.22. The molecule has 0 spiro atoms. The van der Waals surface area contributed by atoms with Crippen LogP contribution >= 0.6 is 0 Å². The smallest absolute Gasteiger partial charge is 0.244 e. The van der Waals surface area contributed by atoms with Crippen LogP contribution in [0.1, 0.15) is 76.8 Å². The minimum Gasteiger partial charge on any atom is -0.350 e. The lowest BCUT2D eigenvalue weighted by atomic mass is 9.87. The first-order chi connectivity index (χ1) is 10.9. The molecule has 0 aliphatic heterocycles. The van der Waals surface area contributed by atoms with Crippen molar-refractivity contribution in [3.8, 4) is 0 Å². The molecule has 0 radical (unpaired) electrons. The minimum atomic E-state index is 0.0375. The Morgan fingerprint density at radius 2 is 1.57 bits per heavy atom. The van der Waals surface area contributed by atoms with E-state index in [9.17, 15) is 4.79 Å². The molecule has 2 rings (SSSR count).